The van der Waals surface area contributed by atoms with Gasteiger partial charge in [0.05, 0.1) is 29.0 Å². The first kappa shape index (κ1) is 16.8. The second-order valence-electron chi connectivity index (χ2n) is 6.27. The molecule has 8 heteroatoms. The van der Waals surface area contributed by atoms with Crippen molar-refractivity contribution < 1.29 is 14.1 Å². The van der Waals surface area contributed by atoms with Crippen molar-refractivity contribution in [2.75, 3.05) is 5.32 Å². The van der Waals surface area contributed by atoms with E-state index in [0.29, 0.717) is 22.7 Å². The highest BCUT2D eigenvalue weighted by Gasteiger charge is 2.39. The van der Waals surface area contributed by atoms with Gasteiger partial charge in [0.1, 0.15) is 17.6 Å². The minimum Gasteiger partial charge on any atom is -0.467 e. The Balaban J connectivity index is 1.74. The number of furan rings is 1. The fourth-order valence-corrected chi connectivity index (χ4v) is 3.18. The molecule has 136 valence electrons. The van der Waals surface area contributed by atoms with Crippen LogP contribution in [-0.2, 0) is 6.54 Å². The quantitative estimate of drug-likeness (QED) is 0.548. The van der Waals surface area contributed by atoms with Crippen molar-refractivity contribution >= 4 is 17.3 Å². The summed E-state index contributed by atoms with van der Waals surface area (Å²) in [6, 6.07) is 11.8. The smallest absolute Gasteiger partial charge is 0.292 e. The summed E-state index contributed by atoms with van der Waals surface area (Å²) in [6.45, 7) is 2.01. The van der Waals surface area contributed by atoms with Crippen LogP contribution in [0.5, 0.6) is 0 Å². The molecule has 8 nitrogen and oxygen atoms in total. The largest absolute Gasteiger partial charge is 0.467 e. The maximum Gasteiger partial charge on any atom is 0.292 e. The summed E-state index contributed by atoms with van der Waals surface area (Å²) in [5.74, 6) is 0.406. The number of aromatic nitrogens is 1. The van der Waals surface area contributed by atoms with Crippen LogP contribution in [0.2, 0.25) is 0 Å². The van der Waals surface area contributed by atoms with Crippen molar-refractivity contribution in [1.29, 1.82) is 0 Å². The van der Waals surface area contributed by atoms with E-state index in [1.54, 1.807) is 54.4 Å². The van der Waals surface area contributed by atoms with E-state index in [2.05, 4.69) is 10.3 Å². The Labute approximate surface area is 154 Å². The van der Waals surface area contributed by atoms with E-state index < -0.39 is 11.1 Å². The van der Waals surface area contributed by atoms with Crippen LogP contribution in [0.3, 0.4) is 0 Å². The van der Waals surface area contributed by atoms with E-state index in [1.165, 1.54) is 12.3 Å². The lowest BCUT2D eigenvalue weighted by Gasteiger charge is -2.25. The molecule has 2 aromatic heterocycles. The average molecular weight is 364 g/mol. The molecule has 0 radical (unpaired) electrons. The summed E-state index contributed by atoms with van der Waals surface area (Å²) in [4.78, 5) is 29.8. The monoisotopic (exact) mass is 364 g/mol. The molecule has 0 fully saturated rings. The second kappa shape index (κ2) is 6.56. The molecule has 3 aromatic rings. The van der Waals surface area contributed by atoms with Crippen LogP contribution in [0.25, 0.3) is 0 Å². The predicted molar refractivity (Wildman–Crippen MR) is 97.0 cm³/mol. The highest BCUT2D eigenvalue weighted by atomic mass is 16.6. The van der Waals surface area contributed by atoms with Gasteiger partial charge in [0.15, 0.2) is 0 Å². The van der Waals surface area contributed by atoms with Crippen LogP contribution in [0.15, 0.2) is 59.3 Å². The van der Waals surface area contributed by atoms with Crippen LogP contribution in [-0.4, -0.2) is 20.7 Å². The van der Waals surface area contributed by atoms with Gasteiger partial charge in [0.2, 0.25) is 0 Å². The molecule has 0 spiro atoms. The van der Waals surface area contributed by atoms with Gasteiger partial charge in [0, 0.05) is 12.3 Å². The Bertz CT molecular complexity index is 1020. The molecule has 0 bridgehead atoms. The molecule has 1 aromatic carbocycles. The van der Waals surface area contributed by atoms with Crippen molar-refractivity contribution in [3.05, 3.63) is 87.6 Å². The van der Waals surface area contributed by atoms with Gasteiger partial charge in [-0.05, 0) is 42.8 Å². The van der Waals surface area contributed by atoms with Crippen LogP contribution >= 0.6 is 0 Å². The van der Waals surface area contributed by atoms with Crippen molar-refractivity contribution in [2.45, 2.75) is 19.6 Å². The van der Waals surface area contributed by atoms with Crippen LogP contribution < -0.4 is 5.32 Å². The van der Waals surface area contributed by atoms with E-state index in [-0.39, 0.29) is 18.1 Å². The van der Waals surface area contributed by atoms with Gasteiger partial charge in [-0.15, -0.1) is 0 Å². The molecule has 0 saturated carbocycles. The molecule has 0 aliphatic carbocycles. The Hall–Kier alpha value is -3.68. The zero-order chi connectivity index (χ0) is 19.0. The highest BCUT2D eigenvalue weighted by Crippen LogP contribution is 2.36. The summed E-state index contributed by atoms with van der Waals surface area (Å²) in [5.41, 5.74) is 2.05. The molecule has 3 heterocycles. The molecule has 1 amide bonds. The standard InChI is InChI=1S/C19H16N4O4/c1-12-6-7-15(16(10-12)23(25)26)21-18-17-14(5-2-8-20-17)19(24)22(18)11-13-4-3-9-27-13/h2-10,18,21H,11H2,1H3. The van der Waals surface area contributed by atoms with Crippen LogP contribution in [0.4, 0.5) is 11.4 Å². The van der Waals surface area contributed by atoms with Gasteiger partial charge < -0.3 is 14.6 Å². The van der Waals surface area contributed by atoms with Crippen molar-refractivity contribution in [1.82, 2.24) is 9.88 Å². The Morgan fingerprint density at radius 3 is 2.89 bits per heavy atom. The minimum absolute atomic E-state index is 0.0511. The number of benzene rings is 1. The van der Waals surface area contributed by atoms with E-state index >= 15 is 0 Å². The molecular weight excluding hydrogens is 348 g/mol. The molecular formula is C19H16N4O4. The van der Waals surface area contributed by atoms with Crippen molar-refractivity contribution in [3.8, 4) is 0 Å². The molecule has 1 atom stereocenters. The van der Waals surface area contributed by atoms with Gasteiger partial charge in [-0.2, -0.15) is 0 Å². The van der Waals surface area contributed by atoms with Crippen molar-refractivity contribution in [2.24, 2.45) is 0 Å². The normalized spacial score (nSPS) is 15.7. The molecule has 1 N–H and O–H groups in total. The van der Waals surface area contributed by atoms with E-state index in [0.717, 1.165) is 5.56 Å². The predicted octanol–water partition coefficient (Wildman–Crippen LogP) is 3.66. The lowest BCUT2D eigenvalue weighted by Crippen LogP contribution is -2.32. The third-order valence-corrected chi connectivity index (χ3v) is 4.45. The first-order valence-electron chi connectivity index (χ1n) is 8.34. The number of nitrogens with zero attached hydrogens (tertiary/aromatic N) is 3. The third kappa shape index (κ3) is 3.01. The number of carbonyl (C=O) groups is 1. The number of amides is 1. The number of nitrogens with one attached hydrogen (secondary N) is 1. The van der Waals surface area contributed by atoms with Crippen molar-refractivity contribution in [3.63, 3.8) is 0 Å². The Morgan fingerprint density at radius 2 is 2.15 bits per heavy atom. The van der Waals surface area contributed by atoms with Gasteiger partial charge in [0.25, 0.3) is 11.6 Å². The number of anilines is 1. The van der Waals surface area contributed by atoms with Gasteiger partial charge in [-0.25, -0.2) is 0 Å². The fourth-order valence-electron chi connectivity index (χ4n) is 3.18. The number of pyridine rings is 1. The zero-order valence-electron chi connectivity index (χ0n) is 14.5. The topological polar surface area (TPSA) is 102 Å². The Morgan fingerprint density at radius 1 is 1.30 bits per heavy atom. The van der Waals surface area contributed by atoms with Crippen LogP contribution in [0, 0.1) is 17.0 Å². The van der Waals surface area contributed by atoms with E-state index in [4.69, 9.17) is 4.42 Å². The second-order valence-corrected chi connectivity index (χ2v) is 6.27. The number of nitro groups is 1. The van der Waals surface area contributed by atoms with Gasteiger partial charge >= 0.3 is 0 Å². The average Bonchev–Trinajstić information content (AvgIpc) is 3.26. The first-order valence-corrected chi connectivity index (χ1v) is 8.34. The summed E-state index contributed by atoms with van der Waals surface area (Å²) in [6.07, 6.45) is 2.50. The summed E-state index contributed by atoms with van der Waals surface area (Å²) in [7, 11) is 0. The summed E-state index contributed by atoms with van der Waals surface area (Å²) < 4.78 is 5.37. The lowest BCUT2D eigenvalue weighted by atomic mass is 10.1. The molecule has 1 unspecified atom stereocenters. The number of nitro benzene ring substituents is 1. The minimum atomic E-state index is -0.639. The molecule has 0 saturated heterocycles. The number of hydrogen-bond acceptors (Lipinski definition) is 6. The number of carbonyl (C=O) groups excluding carboxylic acids is 1. The summed E-state index contributed by atoms with van der Waals surface area (Å²) >= 11 is 0. The maximum absolute atomic E-state index is 12.9. The summed E-state index contributed by atoms with van der Waals surface area (Å²) in [5, 5.41) is 14.6. The fraction of sp³-hybridized carbons (Fsp3) is 0.158. The first-order chi connectivity index (χ1) is 13.0. The number of rotatable bonds is 5. The molecule has 1 aliphatic rings. The van der Waals surface area contributed by atoms with Crippen LogP contribution in [0.1, 0.15) is 33.5 Å². The number of hydrogen-bond donors (Lipinski definition) is 1. The molecule has 1 aliphatic heterocycles. The highest BCUT2D eigenvalue weighted by molar-refractivity contribution is 5.99. The van der Waals surface area contributed by atoms with E-state index in [9.17, 15) is 14.9 Å². The molecule has 4 rings (SSSR count). The number of aryl methyl sites for hydroxylation is 1. The lowest BCUT2D eigenvalue weighted by molar-refractivity contribution is -0.384. The number of fused-ring (bicyclic) bond motifs is 1. The third-order valence-electron chi connectivity index (χ3n) is 4.45. The SMILES string of the molecule is Cc1ccc(NC2c3ncccc3C(=O)N2Cc2ccco2)c([N+](=O)[O-])c1. The molecule has 27 heavy (non-hydrogen) atoms. The van der Waals surface area contributed by atoms with Gasteiger partial charge in [-0.1, -0.05) is 6.07 Å². The Kier molecular flexibility index (Phi) is 4.08. The van der Waals surface area contributed by atoms with Gasteiger partial charge in [-0.3, -0.25) is 19.9 Å². The zero-order valence-corrected chi connectivity index (χ0v) is 14.5. The van der Waals surface area contributed by atoms with E-state index in [1.807, 2.05) is 0 Å². The maximum atomic E-state index is 12.9.